The standard InChI is InChI=1S/C11H21BrN2O2/c1-10(2)5-8(13-9(15)7-12)6-11(3,4)14(10)16/h8,16H,5-7H2,1-4H3,(H,13,15). The van der Waals surface area contributed by atoms with Crippen LogP contribution in [0.5, 0.6) is 0 Å². The predicted molar refractivity (Wildman–Crippen MR) is 66.7 cm³/mol. The number of piperidine rings is 1. The van der Waals surface area contributed by atoms with E-state index in [9.17, 15) is 10.0 Å². The van der Waals surface area contributed by atoms with E-state index in [1.54, 1.807) is 0 Å². The fourth-order valence-corrected chi connectivity index (χ4v) is 2.80. The predicted octanol–water partition coefficient (Wildman–Crippen LogP) is 1.91. The first kappa shape index (κ1) is 13.9. The van der Waals surface area contributed by atoms with E-state index in [-0.39, 0.29) is 23.0 Å². The minimum absolute atomic E-state index is 0.00277. The molecule has 0 unspecified atom stereocenters. The van der Waals surface area contributed by atoms with Gasteiger partial charge >= 0.3 is 0 Å². The van der Waals surface area contributed by atoms with Gasteiger partial charge in [-0.15, -0.1) is 0 Å². The Labute approximate surface area is 105 Å². The van der Waals surface area contributed by atoms with Gasteiger partial charge in [0.2, 0.25) is 5.91 Å². The third-order valence-electron chi connectivity index (χ3n) is 3.13. The van der Waals surface area contributed by atoms with Crippen LogP contribution in [-0.4, -0.2) is 38.6 Å². The van der Waals surface area contributed by atoms with Crippen molar-refractivity contribution in [1.29, 1.82) is 0 Å². The van der Waals surface area contributed by atoms with Gasteiger partial charge in [0, 0.05) is 17.1 Å². The number of nitrogens with one attached hydrogen (secondary N) is 1. The highest BCUT2D eigenvalue weighted by Gasteiger charge is 2.45. The summed E-state index contributed by atoms with van der Waals surface area (Å²) in [5, 5.41) is 14.8. The van der Waals surface area contributed by atoms with Gasteiger partial charge in [0.1, 0.15) is 0 Å². The number of amides is 1. The van der Waals surface area contributed by atoms with Gasteiger partial charge in [-0.3, -0.25) is 4.79 Å². The molecule has 0 aromatic rings. The first-order valence-corrected chi connectivity index (χ1v) is 6.66. The van der Waals surface area contributed by atoms with Crippen molar-refractivity contribution < 1.29 is 10.0 Å². The lowest BCUT2D eigenvalue weighted by Crippen LogP contribution is -2.63. The van der Waals surface area contributed by atoms with Crippen LogP contribution in [0.1, 0.15) is 40.5 Å². The van der Waals surface area contributed by atoms with Crippen molar-refractivity contribution >= 4 is 21.8 Å². The first-order chi connectivity index (χ1) is 7.19. The fraction of sp³-hybridized carbons (Fsp3) is 0.909. The highest BCUT2D eigenvalue weighted by Crippen LogP contribution is 2.36. The van der Waals surface area contributed by atoms with Crippen molar-refractivity contribution in [2.45, 2.75) is 57.7 Å². The summed E-state index contributed by atoms with van der Waals surface area (Å²) >= 11 is 3.14. The number of hydroxylamine groups is 2. The molecular weight excluding hydrogens is 272 g/mol. The van der Waals surface area contributed by atoms with Crippen molar-refractivity contribution in [3.8, 4) is 0 Å². The van der Waals surface area contributed by atoms with Crippen LogP contribution in [0.4, 0.5) is 0 Å². The Kier molecular flexibility index (Phi) is 4.03. The molecule has 1 amide bonds. The van der Waals surface area contributed by atoms with E-state index in [4.69, 9.17) is 0 Å². The summed E-state index contributed by atoms with van der Waals surface area (Å²) in [6.07, 6.45) is 1.51. The Morgan fingerprint density at radius 1 is 1.38 bits per heavy atom. The van der Waals surface area contributed by atoms with Gasteiger partial charge in [-0.25, -0.2) is 0 Å². The molecule has 1 aliphatic rings. The maximum absolute atomic E-state index is 11.3. The molecule has 94 valence electrons. The molecule has 0 saturated carbocycles. The van der Waals surface area contributed by atoms with Crippen LogP contribution < -0.4 is 5.32 Å². The van der Waals surface area contributed by atoms with Crippen LogP contribution in [0.25, 0.3) is 0 Å². The lowest BCUT2D eigenvalue weighted by molar-refractivity contribution is -0.246. The van der Waals surface area contributed by atoms with Gasteiger partial charge in [-0.1, -0.05) is 15.9 Å². The fourth-order valence-electron chi connectivity index (χ4n) is 2.64. The van der Waals surface area contributed by atoms with Gasteiger partial charge in [0.25, 0.3) is 0 Å². The second kappa shape index (κ2) is 4.63. The average molecular weight is 293 g/mol. The van der Waals surface area contributed by atoms with Gasteiger partial charge < -0.3 is 10.5 Å². The van der Waals surface area contributed by atoms with Crippen molar-refractivity contribution in [3.05, 3.63) is 0 Å². The summed E-state index contributed by atoms with van der Waals surface area (Å²) in [5.74, 6) is 0.00277. The SMILES string of the molecule is CC1(C)CC(NC(=O)CBr)CC(C)(C)N1O. The third kappa shape index (κ3) is 2.96. The molecule has 0 aromatic carbocycles. The monoisotopic (exact) mass is 292 g/mol. The molecule has 1 aliphatic heterocycles. The van der Waals surface area contributed by atoms with Crippen LogP contribution in [0.2, 0.25) is 0 Å². The van der Waals surface area contributed by atoms with E-state index in [1.165, 1.54) is 5.06 Å². The first-order valence-electron chi connectivity index (χ1n) is 5.53. The maximum atomic E-state index is 11.3. The van der Waals surface area contributed by atoms with E-state index in [1.807, 2.05) is 27.7 Å². The van der Waals surface area contributed by atoms with Crippen molar-refractivity contribution in [3.63, 3.8) is 0 Å². The highest BCUT2D eigenvalue weighted by atomic mass is 79.9. The van der Waals surface area contributed by atoms with Crippen LogP contribution >= 0.6 is 15.9 Å². The highest BCUT2D eigenvalue weighted by molar-refractivity contribution is 9.09. The molecule has 0 radical (unpaired) electrons. The quantitative estimate of drug-likeness (QED) is 0.765. The topological polar surface area (TPSA) is 52.6 Å². The molecule has 0 aromatic heterocycles. The van der Waals surface area contributed by atoms with Crippen LogP contribution in [-0.2, 0) is 4.79 Å². The summed E-state index contributed by atoms with van der Waals surface area (Å²) in [5.41, 5.74) is -0.627. The molecule has 0 bridgehead atoms. The molecular formula is C11H21BrN2O2. The number of hydrogen-bond acceptors (Lipinski definition) is 3. The van der Waals surface area contributed by atoms with E-state index < -0.39 is 0 Å². The average Bonchev–Trinajstić information content (AvgIpc) is 2.13. The number of carbonyl (C=O) groups is 1. The molecule has 0 atom stereocenters. The molecule has 16 heavy (non-hydrogen) atoms. The Hall–Kier alpha value is -0.130. The molecule has 4 nitrogen and oxygen atoms in total. The number of nitrogens with zero attached hydrogens (tertiary/aromatic N) is 1. The van der Waals surface area contributed by atoms with Crippen molar-refractivity contribution in [2.24, 2.45) is 0 Å². The second-order valence-electron chi connectivity index (χ2n) is 5.74. The molecule has 0 aliphatic carbocycles. The largest absolute Gasteiger partial charge is 0.353 e. The zero-order chi connectivity index (χ0) is 12.6. The summed E-state index contributed by atoms with van der Waals surface area (Å²) in [4.78, 5) is 11.3. The van der Waals surface area contributed by atoms with Gasteiger partial charge in [0.05, 0.1) is 5.33 Å². The van der Waals surface area contributed by atoms with Gasteiger partial charge in [-0.2, -0.15) is 5.06 Å². The van der Waals surface area contributed by atoms with Gasteiger partial charge in [-0.05, 0) is 40.5 Å². The summed E-state index contributed by atoms with van der Waals surface area (Å²) in [7, 11) is 0. The molecule has 1 saturated heterocycles. The van der Waals surface area contributed by atoms with Gasteiger partial charge in [0.15, 0.2) is 0 Å². The zero-order valence-electron chi connectivity index (χ0n) is 10.4. The van der Waals surface area contributed by atoms with Crippen molar-refractivity contribution in [2.75, 3.05) is 5.33 Å². The molecule has 0 spiro atoms. The molecule has 2 N–H and O–H groups in total. The lowest BCUT2D eigenvalue weighted by Gasteiger charge is -2.51. The van der Waals surface area contributed by atoms with E-state index in [2.05, 4.69) is 21.2 Å². The summed E-state index contributed by atoms with van der Waals surface area (Å²) in [6.45, 7) is 7.95. The molecule has 1 heterocycles. The normalized spacial score (nSPS) is 25.4. The maximum Gasteiger partial charge on any atom is 0.230 e. The molecule has 1 fully saturated rings. The summed E-state index contributed by atoms with van der Waals surface area (Å²) < 4.78 is 0. The number of rotatable bonds is 2. The minimum Gasteiger partial charge on any atom is -0.353 e. The van der Waals surface area contributed by atoms with E-state index in [0.717, 1.165) is 12.8 Å². The Bertz CT molecular complexity index is 261. The number of carbonyl (C=O) groups excluding carboxylic acids is 1. The number of alkyl halides is 1. The van der Waals surface area contributed by atoms with Crippen LogP contribution in [0, 0.1) is 0 Å². The van der Waals surface area contributed by atoms with Crippen LogP contribution in [0.15, 0.2) is 0 Å². The number of hydrogen-bond donors (Lipinski definition) is 2. The van der Waals surface area contributed by atoms with E-state index >= 15 is 0 Å². The number of halogens is 1. The smallest absolute Gasteiger partial charge is 0.230 e. The van der Waals surface area contributed by atoms with Crippen LogP contribution in [0.3, 0.4) is 0 Å². The summed E-state index contributed by atoms with van der Waals surface area (Å²) in [6, 6.07) is 0.124. The Balaban J connectivity index is 2.75. The second-order valence-corrected chi connectivity index (χ2v) is 6.30. The lowest BCUT2D eigenvalue weighted by atomic mass is 9.79. The van der Waals surface area contributed by atoms with Crippen molar-refractivity contribution in [1.82, 2.24) is 10.4 Å². The third-order valence-corrected chi connectivity index (χ3v) is 3.63. The Morgan fingerprint density at radius 3 is 2.19 bits per heavy atom. The molecule has 5 heteroatoms. The molecule has 1 rings (SSSR count). The Morgan fingerprint density at radius 2 is 1.81 bits per heavy atom. The minimum atomic E-state index is -0.313. The zero-order valence-corrected chi connectivity index (χ0v) is 12.0. The van der Waals surface area contributed by atoms with E-state index in [0.29, 0.717) is 5.33 Å².